The van der Waals surface area contributed by atoms with Crippen LogP contribution in [0.5, 0.6) is 11.5 Å². The first kappa shape index (κ1) is 17.6. The number of ether oxygens (including phenoxy) is 2. The molecule has 0 aromatic heterocycles. The quantitative estimate of drug-likeness (QED) is 0.874. The monoisotopic (exact) mass is 320 g/mol. The first-order valence-electron chi connectivity index (χ1n) is 8.19. The van der Waals surface area contributed by atoms with Crippen LogP contribution in [-0.2, 0) is 4.79 Å². The fraction of sp³-hybridized carbons (Fsp3) is 0.611. The van der Waals surface area contributed by atoms with Gasteiger partial charge in [-0.05, 0) is 49.1 Å². The summed E-state index contributed by atoms with van der Waals surface area (Å²) in [4.78, 5) is 14.4. The van der Waals surface area contributed by atoms with Gasteiger partial charge < -0.3 is 19.7 Å². The zero-order valence-electron chi connectivity index (χ0n) is 14.6. The van der Waals surface area contributed by atoms with Crippen LogP contribution in [0.1, 0.15) is 26.7 Å². The molecule has 0 bridgehead atoms. The van der Waals surface area contributed by atoms with E-state index in [0.29, 0.717) is 13.2 Å². The van der Waals surface area contributed by atoms with Crippen molar-refractivity contribution in [2.24, 2.45) is 5.41 Å². The second kappa shape index (κ2) is 7.68. The lowest BCUT2D eigenvalue weighted by Crippen LogP contribution is -2.56. The van der Waals surface area contributed by atoms with E-state index in [2.05, 4.69) is 19.2 Å². The molecule has 1 aromatic rings. The van der Waals surface area contributed by atoms with E-state index in [0.717, 1.165) is 30.9 Å². The van der Waals surface area contributed by atoms with Gasteiger partial charge in [-0.3, -0.25) is 4.79 Å². The smallest absolute Gasteiger partial charge is 0.240 e. The number of hydrogen-bond donors (Lipinski definition) is 1. The number of carbonyl (C=O) groups excluding carboxylic acids is 1. The normalized spacial score (nSPS) is 19.9. The molecule has 0 spiro atoms. The van der Waals surface area contributed by atoms with E-state index < -0.39 is 0 Å². The minimum absolute atomic E-state index is 0.000431. The van der Waals surface area contributed by atoms with E-state index in [1.54, 1.807) is 12.0 Å². The molecule has 5 nitrogen and oxygen atoms in total. The van der Waals surface area contributed by atoms with E-state index in [-0.39, 0.29) is 17.4 Å². The van der Waals surface area contributed by atoms with Crippen LogP contribution in [0.3, 0.4) is 0 Å². The zero-order chi connectivity index (χ0) is 16.9. The van der Waals surface area contributed by atoms with Crippen molar-refractivity contribution in [3.8, 4) is 11.5 Å². The van der Waals surface area contributed by atoms with Crippen molar-refractivity contribution in [1.82, 2.24) is 10.2 Å². The summed E-state index contributed by atoms with van der Waals surface area (Å²) in [6, 6.07) is 7.35. The zero-order valence-corrected chi connectivity index (χ0v) is 14.6. The second-order valence-corrected chi connectivity index (χ2v) is 6.76. The van der Waals surface area contributed by atoms with Gasteiger partial charge in [-0.15, -0.1) is 0 Å². The first-order chi connectivity index (χ1) is 10.9. The molecule has 0 radical (unpaired) electrons. The van der Waals surface area contributed by atoms with Crippen LogP contribution in [0.2, 0.25) is 0 Å². The Balaban J connectivity index is 1.81. The molecule has 1 unspecified atom stereocenters. The Hall–Kier alpha value is -1.75. The predicted molar refractivity (Wildman–Crippen MR) is 90.9 cm³/mol. The number of amides is 1. The number of benzene rings is 1. The van der Waals surface area contributed by atoms with Crippen LogP contribution < -0.4 is 14.8 Å². The van der Waals surface area contributed by atoms with Crippen LogP contribution >= 0.6 is 0 Å². The molecule has 5 heteroatoms. The molecule has 0 saturated carbocycles. The fourth-order valence-electron chi connectivity index (χ4n) is 2.94. The molecular formula is C18H28N2O3. The van der Waals surface area contributed by atoms with Gasteiger partial charge in [-0.2, -0.15) is 0 Å². The fourth-order valence-corrected chi connectivity index (χ4v) is 2.94. The van der Waals surface area contributed by atoms with Gasteiger partial charge in [0.1, 0.15) is 18.1 Å². The molecule has 1 atom stereocenters. The summed E-state index contributed by atoms with van der Waals surface area (Å²) >= 11 is 0. The number of hydrogen-bond acceptors (Lipinski definition) is 4. The van der Waals surface area contributed by atoms with Crippen molar-refractivity contribution in [1.29, 1.82) is 0 Å². The van der Waals surface area contributed by atoms with Gasteiger partial charge in [0.05, 0.1) is 19.7 Å². The van der Waals surface area contributed by atoms with E-state index >= 15 is 0 Å². The largest absolute Gasteiger partial charge is 0.497 e. The van der Waals surface area contributed by atoms with Crippen LogP contribution in [0.25, 0.3) is 0 Å². The van der Waals surface area contributed by atoms with Crippen molar-refractivity contribution in [2.75, 3.05) is 33.9 Å². The van der Waals surface area contributed by atoms with Gasteiger partial charge >= 0.3 is 0 Å². The number of carbonyl (C=O) groups is 1. The maximum absolute atomic E-state index is 12.6. The predicted octanol–water partition coefficient (Wildman–Crippen LogP) is 2.31. The third-order valence-corrected chi connectivity index (χ3v) is 4.51. The van der Waals surface area contributed by atoms with Crippen molar-refractivity contribution >= 4 is 5.91 Å². The molecule has 0 aliphatic carbocycles. The Morgan fingerprint density at radius 1 is 1.30 bits per heavy atom. The highest BCUT2D eigenvalue weighted by molar-refractivity contribution is 5.82. The van der Waals surface area contributed by atoms with Crippen LogP contribution in [0.4, 0.5) is 0 Å². The van der Waals surface area contributed by atoms with E-state index in [9.17, 15) is 4.79 Å². The molecule has 1 N–H and O–H groups in total. The summed E-state index contributed by atoms with van der Waals surface area (Å²) in [5.74, 6) is 1.73. The highest BCUT2D eigenvalue weighted by atomic mass is 16.5. The molecule has 23 heavy (non-hydrogen) atoms. The Morgan fingerprint density at radius 2 is 1.96 bits per heavy atom. The maximum Gasteiger partial charge on any atom is 0.240 e. The van der Waals surface area contributed by atoms with Crippen LogP contribution in [-0.4, -0.2) is 50.7 Å². The van der Waals surface area contributed by atoms with Gasteiger partial charge in [0.15, 0.2) is 0 Å². The lowest BCUT2D eigenvalue weighted by Gasteiger charge is -2.40. The molecule has 1 fully saturated rings. The molecule has 1 heterocycles. The average molecular weight is 320 g/mol. The number of rotatable bonds is 6. The SMILES string of the molecule is COc1ccc(OCCN(C)C(=O)C2NCCCC2(C)C)cc1. The highest BCUT2D eigenvalue weighted by Crippen LogP contribution is 2.30. The standard InChI is InChI=1S/C18H28N2O3/c1-18(2)10-5-11-19-16(18)17(21)20(3)12-13-23-15-8-6-14(22-4)7-9-15/h6-9,16,19H,5,10-13H2,1-4H3. The summed E-state index contributed by atoms with van der Waals surface area (Å²) in [6.45, 7) is 6.27. The molecule has 1 aliphatic rings. The Morgan fingerprint density at radius 3 is 2.57 bits per heavy atom. The van der Waals surface area contributed by atoms with Crippen molar-refractivity contribution < 1.29 is 14.3 Å². The minimum atomic E-state index is -0.109. The van der Waals surface area contributed by atoms with E-state index in [4.69, 9.17) is 9.47 Å². The minimum Gasteiger partial charge on any atom is -0.497 e. The highest BCUT2D eigenvalue weighted by Gasteiger charge is 2.38. The third kappa shape index (κ3) is 4.61. The number of nitrogens with zero attached hydrogens (tertiary/aromatic N) is 1. The van der Waals surface area contributed by atoms with Crippen LogP contribution in [0, 0.1) is 5.41 Å². The Labute approximate surface area is 139 Å². The molecule has 1 saturated heterocycles. The van der Waals surface area contributed by atoms with E-state index in [1.807, 2.05) is 31.3 Å². The summed E-state index contributed by atoms with van der Waals surface area (Å²) in [7, 11) is 3.48. The van der Waals surface area contributed by atoms with Crippen molar-refractivity contribution in [2.45, 2.75) is 32.7 Å². The van der Waals surface area contributed by atoms with Gasteiger partial charge in [0.2, 0.25) is 5.91 Å². The van der Waals surface area contributed by atoms with Crippen molar-refractivity contribution in [3.63, 3.8) is 0 Å². The molecular weight excluding hydrogens is 292 g/mol. The van der Waals surface area contributed by atoms with Gasteiger partial charge in [0.25, 0.3) is 0 Å². The molecule has 1 aromatic carbocycles. The molecule has 2 rings (SSSR count). The van der Waals surface area contributed by atoms with Gasteiger partial charge in [0, 0.05) is 7.05 Å². The van der Waals surface area contributed by atoms with Gasteiger partial charge in [-0.1, -0.05) is 13.8 Å². The number of likely N-dealkylation sites (N-methyl/N-ethyl adjacent to an activating group) is 1. The van der Waals surface area contributed by atoms with Crippen LogP contribution in [0.15, 0.2) is 24.3 Å². The summed E-state index contributed by atoms with van der Waals surface area (Å²) in [6.07, 6.45) is 2.20. The van der Waals surface area contributed by atoms with Crippen molar-refractivity contribution in [3.05, 3.63) is 24.3 Å². The molecule has 1 aliphatic heterocycles. The topological polar surface area (TPSA) is 50.8 Å². The second-order valence-electron chi connectivity index (χ2n) is 6.76. The third-order valence-electron chi connectivity index (χ3n) is 4.51. The maximum atomic E-state index is 12.6. The lowest BCUT2D eigenvalue weighted by atomic mass is 9.77. The number of piperidine rings is 1. The summed E-state index contributed by atoms with van der Waals surface area (Å²) < 4.78 is 10.8. The Bertz CT molecular complexity index is 514. The average Bonchev–Trinajstić information content (AvgIpc) is 2.54. The Kier molecular flexibility index (Phi) is 5.88. The first-order valence-corrected chi connectivity index (χ1v) is 8.19. The molecule has 1 amide bonds. The molecule has 128 valence electrons. The van der Waals surface area contributed by atoms with Gasteiger partial charge in [-0.25, -0.2) is 0 Å². The van der Waals surface area contributed by atoms with E-state index in [1.165, 1.54) is 0 Å². The number of nitrogens with one attached hydrogen (secondary N) is 1. The summed E-state index contributed by atoms with van der Waals surface area (Å²) in [5, 5.41) is 3.36. The lowest BCUT2D eigenvalue weighted by molar-refractivity contribution is -0.136. The summed E-state index contributed by atoms with van der Waals surface area (Å²) in [5.41, 5.74) is 0.000431. The number of methoxy groups -OCH3 is 1.